The van der Waals surface area contributed by atoms with Gasteiger partial charge in [0.05, 0.1) is 5.71 Å². The van der Waals surface area contributed by atoms with E-state index in [1.165, 1.54) is 18.2 Å². The van der Waals surface area contributed by atoms with E-state index in [4.69, 9.17) is 10.9 Å². The second-order valence-electron chi connectivity index (χ2n) is 4.42. The minimum atomic E-state index is -0.525. The van der Waals surface area contributed by atoms with Crippen molar-refractivity contribution in [3.05, 3.63) is 65.0 Å². The summed E-state index contributed by atoms with van der Waals surface area (Å²) in [5.74, 6) is -0.525. The highest BCUT2D eigenvalue weighted by Crippen LogP contribution is 2.21. The fraction of sp³-hybridized carbons (Fsp3) is 0.0667. The van der Waals surface area contributed by atoms with E-state index in [1.807, 2.05) is 0 Å². The van der Waals surface area contributed by atoms with Gasteiger partial charge in [0.2, 0.25) is 0 Å². The van der Waals surface area contributed by atoms with Gasteiger partial charge in [-0.2, -0.15) is 0 Å². The third-order valence-electron chi connectivity index (χ3n) is 3.11. The molecule has 0 unspecified atom stereocenters. The summed E-state index contributed by atoms with van der Waals surface area (Å²) in [5, 5.41) is 24.4. The molecule has 0 aliphatic heterocycles. The standard InChI is InChI=1S/C15H14FN3O2/c1-9(18-20)10-6-7-14(17)12(8-10)15(19-21)11-4-2-3-5-13(11)16/h2-8,20-21H,17H2,1H3. The Labute approximate surface area is 120 Å². The summed E-state index contributed by atoms with van der Waals surface area (Å²) in [6.07, 6.45) is 0. The van der Waals surface area contributed by atoms with E-state index in [2.05, 4.69) is 10.3 Å². The van der Waals surface area contributed by atoms with Gasteiger partial charge in [0.1, 0.15) is 11.5 Å². The first-order chi connectivity index (χ1) is 10.1. The number of nitrogens with two attached hydrogens (primary N) is 1. The largest absolute Gasteiger partial charge is 0.411 e. The average molecular weight is 287 g/mol. The third kappa shape index (κ3) is 2.84. The Morgan fingerprint density at radius 2 is 1.76 bits per heavy atom. The zero-order valence-corrected chi connectivity index (χ0v) is 11.3. The number of nitrogen functional groups attached to an aromatic ring is 1. The van der Waals surface area contributed by atoms with E-state index >= 15 is 0 Å². The molecule has 0 fully saturated rings. The predicted molar refractivity (Wildman–Crippen MR) is 78.7 cm³/mol. The van der Waals surface area contributed by atoms with Gasteiger partial charge >= 0.3 is 0 Å². The molecule has 0 radical (unpaired) electrons. The number of oxime groups is 2. The Morgan fingerprint density at radius 3 is 2.38 bits per heavy atom. The summed E-state index contributed by atoms with van der Waals surface area (Å²) in [7, 11) is 0. The molecule has 2 aromatic carbocycles. The summed E-state index contributed by atoms with van der Waals surface area (Å²) in [6.45, 7) is 1.61. The van der Waals surface area contributed by atoms with Gasteiger partial charge in [0, 0.05) is 16.8 Å². The van der Waals surface area contributed by atoms with Crippen molar-refractivity contribution in [1.82, 2.24) is 0 Å². The minimum absolute atomic E-state index is 0.0122. The summed E-state index contributed by atoms with van der Waals surface area (Å²) in [4.78, 5) is 0. The summed E-state index contributed by atoms with van der Waals surface area (Å²) in [5.41, 5.74) is 7.63. The Hall–Kier alpha value is -2.89. The van der Waals surface area contributed by atoms with Crippen molar-refractivity contribution in [1.29, 1.82) is 0 Å². The highest BCUT2D eigenvalue weighted by molar-refractivity contribution is 6.16. The number of halogens is 1. The lowest BCUT2D eigenvalue weighted by molar-refractivity contribution is 0.319. The number of hydrogen-bond acceptors (Lipinski definition) is 5. The zero-order chi connectivity index (χ0) is 15.4. The predicted octanol–water partition coefficient (Wildman–Crippen LogP) is 2.83. The van der Waals surface area contributed by atoms with E-state index in [0.29, 0.717) is 22.5 Å². The first kappa shape index (κ1) is 14.5. The van der Waals surface area contributed by atoms with Gasteiger partial charge in [-0.1, -0.05) is 28.5 Å². The molecule has 0 amide bonds. The van der Waals surface area contributed by atoms with E-state index in [0.717, 1.165) is 0 Å². The Balaban J connectivity index is 2.61. The van der Waals surface area contributed by atoms with Crippen LogP contribution in [0.2, 0.25) is 0 Å². The van der Waals surface area contributed by atoms with Crippen LogP contribution in [-0.4, -0.2) is 21.8 Å². The fourth-order valence-electron chi connectivity index (χ4n) is 1.95. The first-order valence-electron chi connectivity index (χ1n) is 6.14. The summed E-state index contributed by atoms with van der Waals surface area (Å²) < 4.78 is 13.9. The van der Waals surface area contributed by atoms with Crippen LogP contribution >= 0.6 is 0 Å². The second-order valence-corrected chi connectivity index (χ2v) is 4.42. The monoisotopic (exact) mass is 287 g/mol. The van der Waals surface area contributed by atoms with Gasteiger partial charge in [0.25, 0.3) is 0 Å². The van der Waals surface area contributed by atoms with Crippen LogP contribution in [-0.2, 0) is 0 Å². The Kier molecular flexibility index (Phi) is 4.18. The lowest BCUT2D eigenvalue weighted by Crippen LogP contribution is -2.10. The molecule has 0 aromatic heterocycles. The van der Waals surface area contributed by atoms with Gasteiger partial charge in [-0.3, -0.25) is 0 Å². The van der Waals surface area contributed by atoms with Crippen LogP contribution < -0.4 is 5.73 Å². The van der Waals surface area contributed by atoms with Crippen molar-refractivity contribution in [2.75, 3.05) is 5.73 Å². The molecule has 108 valence electrons. The van der Waals surface area contributed by atoms with Crippen LogP contribution in [0.3, 0.4) is 0 Å². The maximum Gasteiger partial charge on any atom is 0.132 e. The van der Waals surface area contributed by atoms with Gasteiger partial charge in [0.15, 0.2) is 0 Å². The van der Waals surface area contributed by atoms with Crippen LogP contribution in [0.1, 0.15) is 23.6 Å². The lowest BCUT2D eigenvalue weighted by atomic mass is 9.97. The van der Waals surface area contributed by atoms with E-state index in [9.17, 15) is 9.60 Å². The molecular formula is C15H14FN3O2. The molecule has 2 rings (SSSR count). The molecule has 0 aliphatic rings. The van der Waals surface area contributed by atoms with Crippen molar-refractivity contribution in [2.45, 2.75) is 6.92 Å². The van der Waals surface area contributed by atoms with E-state index < -0.39 is 5.82 Å². The van der Waals surface area contributed by atoms with Gasteiger partial charge in [-0.15, -0.1) is 0 Å². The number of benzene rings is 2. The molecule has 0 aliphatic carbocycles. The summed E-state index contributed by atoms with van der Waals surface area (Å²) in [6, 6.07) is 10.7. The molecular weight excluding hydrogens is 273 g/mol. The van der Waals surface area contributed by atoms with Crippen LogP contribution in [0.15, 0.2) is 52.8 Å². The minimum Gasteiger partial charge on any atom is -0.411 e. The quantitative estimate of drug-likeness (QED) is 0.351. The highest BCUT2D eigenvalue weighted by Gasteiger charge is 2.16. The smallest absolute Gasteiger partial charge is 0.132 e. The molecule has 0 heterocycles. The molecule has 0 saturated heterocycles. The van der Waals surface area contributed by atoms with Gasteiger partial charge in [-0.05, 0) is 36.8 Å². The normalized spacial score (nSPS) is 12.5. The third-order valence-corrected chi connectivity index (χ3v) is 3.11. The summed E-state index contributed by atoms with van der Waals surface area (Å²) >= 11 is 0. The van der Waals surface area contributed by atoms with Crippen LogP contribution in [0.25, 0.3) is 0 Å². The maximum atomic E-state index is 13.9. The molecule has 21 heavy (non-hydrogen) atoms. The zero-order valence-electron chi connectivity index (χ0n) is 11.3. The maximum absolute atomic E-state index is 13.9. The second kappa shape index (κ2) is 6.04. The fourth-order valence-corrected chi connectivity index (χ4v) is 1.95. The highest BCUT2D eigenvalue weighted by atomic mass is 19.1. The van der Waals surface area contributed by atoms with Crippen molar-refractivity contribution >= 4 is 17.1 Å². The van der Waals surface area contributed by atoms with E-state index in [-0.39, 0.29) is 11.3 Å². The van der Waals surface area contributed by atoms with Gasteiger partial charge in [-0.25, -0.2) is 4.39 Å². The SMILES string of the molecule is CC(=NO)c1ccc(N)c(C(=NO)c2ccccc2F)c1. The molecule has 5 nitrogen and oxygen atoms in total. The molecule has 6 heteroatoms. The van der Waals surface area contributed by atoms with Crippen LogP contribution in [0.4, 0.5) is 10.1 Å². The molecule has 4 N–H and O–H groups in total. The Bertz CT molecular complexity index is 727. The average Bonchev–Trinajstić information content (AvgIpc) is 2.50. The lowest BCUT2D eigenvalue weighted by Gasteiger charge is -2.11. The van der Waals surface area contributed by atoms with Crippen molar-refractivity contribution < 1.29 is 14.8 Å². The van der Waals surface area contributed by atoms with Crippen LogP contribution in [0, 0.1) is 5.82 Å². The topological polar surface area (TPSA) is 91.2 Å². The molecule has 0 atom stereocenters. The molecule has 0 saturated carbocycles. The van der Waals surface area contributed by atoms with Gasteiger partial charge < -0.3 is 16.1 Å². The van der Waals surface area contributed by atoms with Crippen molar-refractivity contribution in [3.8, 4) is 0 Å². The first-order valence-corrected chi connectivity index (χ1v) is 6.14. The molecule has 0 bridgehead atoms. The number of nitrogens with zero attached hydrogens (tertiary/aromatic N) is 2. The number of hydrogen-bond donors (Lipinski definition) is 3. The van der Waals surface area contributed by atoms with E-state index in [1.54, 1.807) is 31.2 Å². The Morgan fingerprint density at radius 1 is 1.05 bits per heavy atom. The molecule has 0 spiro atoms. The number of anilines is 1. The van der Waals surface area contributed by atoms with Crippen LogP contribution in [0.5, 0.6) is 0 Å². The number of rotatable bonds is 3. The van der Waals surface area contributed by atoms with Crippen molar-refractivity contribution in [3.63, 3.8) is 0 Å². The molecule has 2 aromatic rings. The van der Waals surface area contributed by atoms with Crippen molar-refractivity contribution in [2.24, 2.45) is 10.3 Å².